The highest BCUT2D eigenvalue weighted by Crippen LogP contribution is 2.53. The second-order valence-corrected chi connectivity index (χ2v) is 10.8. The lowest BCUT2D eigenvalue weighted by Crippen LogP contribution is -2.32. The molecule has 0 aliphatic carbocycles. The molecule has 184 valence electrons. The standard InChI is InChI=1S/C33H30N2O2/c1-20(2)22-13-10-12-21(3)30(22)35-31(36)23-14-11-19-28(29(23)32(35)37)34-26-17-8-6-15-24(26)33(4,5)25-16-7-9-18-27(25)34/h6-20H,1-5H3. The number of amides is 2. The summed E-state index contributed by atoms with van der Waals surface area (Å²) in [5.41, 5.74) is 8.44. The molecule has 0 saturated carbocycles. The summed E-state index contributed by atoms with van der Waals surface area (Å²) in [7, 11) is 0. The van der Waals surface area contributed by atoms with Gasteiger partial charge >= 0.3 is 0 Å². The van der Waals surface area contributed by atoms with Crippen molar-refractivity contribution in [3.05, 3.63) is 118 Å². The third kappa shape index (κ3) is 3.21. The molecule has 0 aromatic heterocycles. The number of fused-ring (bicyclic) bond motifs is 3. The van der Waals surface area contributed by atoms with E-state index in [1.807, 2.05) is 49.4 Å². The first-order chi connectivity index (χ1) is 17.7. The fourth-order valence-corrected chi connectivity index (χ4v) is 6.04. The van der Waals surface area contributed by atoms with Gasteiger partial charge in [-0.2, -0.15) is 0 Å². The smallest absolute Gasteiger partial charge is 0.268 e. The molecule has 0 bridgehead atoms. The predicted molar refractivity (Wildman–Crippen MR) is 150 cm³/mol. The largest absolute Gasteiger partial charge is 0.309 e. The van der Waals surface area contributed by atoms with Crippen LogP contribution >= 0.6 is 0 Å². The van der Waals surface area contributed by atoms with Crippen LogP contribution in [-0.2, 0) is 5.41 Å². The van der Waals surface area contributed by atoms with Crippen LogP contribution in [0.25, 0.3) is 0 Å². The van der Waals surface area contributed by atoms with Gasteiger partial charge in [-0.25, -0.2) is 4.90 Å². The van der Waals surface area contributed by atoms with Crippen molar-refractivity contribution in [2.24, 2.45) is 0 Å². The van der Waals surface area contributed by atoms with E-state index in [1.54, 1.807) is 6.07 Å². The van der Waals surface area contributed by atoms with Crippen LogP contribution in [0.15, 0.2) is 84.9 Å². The Hall–Kier alpha value is -4.18. The van der Waals surface area contributed by atoms with Gasteiger partial charge in [0.1, 0.15) is 0 Å². The molecule has 2 aliphatic rings. The lowest BCUT2D eigenvalue weighted by molar-refractivity contribution is 0.0926. The Labute approximate surface area is 218 Å². The number of hydrogen-bond acceptors (Lipinski definition) is 3. The highest BCUT2D eigenvalue weighted by atomic mass is 16.2. The molecule has 0 unspecified atom stereocenters. The molecule has 0 fully saturated rings. The SMILES string of the molecule is Cc1cccc(C(C)C)c1N1C(=O)c2cccc(N3c4ccccc4C(C)(C)c4ccccc43)c2C1=O. The molecule has 2 aliphatic heterocycles. The molecule has 4 heteroatoms. The molecule has 0 saturated heterocycles. The highest BCUT2D eigenvalue weighted by molar-refractivity contribution is 6.36. The number of carbonyl (C=O) groups is 2. The fourth-order valence-electron chi connectivity index (χ4n) is 6.04. The van der Waals surface area contributed by atoms with E-state index in [-0.39, 0.29) is 23.1 Å². The molecule has 37 heavy (non-hydrogen) atoms. The number of nitrogens with zero attached hydrogens (tertiary/aromatic N) is 2. The lowest BCUT2D eigenvalue weighted by Gasteiger charge is -2.42. The zero-order chi connectivity index (χ0) is 26.1. The summed E-state index contributed by atoms with van der Waals surface area (Å²) in [6.07, 6.45) is 0. The average molecular weight is 487 g/mol. The van der Waals surface area contributed by atoms with Gasteiger partial charge in [-0.1, -0.05) is 88.4 Å². The van der Waals surface area contributed by atoms with Crippen molar-refractivity contribution in [2.75, 3.05) is 9.80 Å². The minimum absolute atomic E-state index is 0.168. The van der Waals surface area contributed by atoms with Crippen molar-refractivity contribution in [2.45, 2.75) is 46.0 Å². The van der Waals surface area contributed by atoms with E-state index >= 15 is 0 Å². The van der Waals surface area contributed by atoms with Crippen LogP contribution in [0.1, 0.15) is 76.6 Å². The van der Waals surface area contributed by atoms with Gasteiger partial charge in [0, 0.05) is 5.41 Å². The number of anilines is 4. The second-order valence-electron chi connectivity index (χ2n) is 10.8. The number of para-hydroxylation sites is 3. The van der Waals surface area contributed by atoms with Crippen LogP contribution in [0.5, 0.6) is 0 Å². The number of aryl methyl sites for hydroxylation is 1. The Kier molecular flexibility index (Phi) is 5.13. The predicted octanol–water partition coefficient (Wildman–Crippen LogP) is 8.03. The Morgan fingerprint density at radius 3 is 1.84 bits per heavy atom. The molecule has 4 nitrogen and oxygen atoms in total. The molecule has 2 amide bonds. The van der Waals surface area contributed by atoms with Gasteiger partial charge in [0.15, 0.2) is 0 Å². The third-order valence-electron chi connectivity index (χ3n) is 7.88. The van der Waals surface area contributed by atoms with E-state index in [2.05, 4.69) is 69.0 Å². The topological polar surface area (TPSA) is 40.6 Å². The van der Waals surface area contributed by atoms with Crippen molar-refractivity contribution >= 4 is 34.6 Å². The Morgan fingerprint density at radius 2 is 1.22 bits per heavy atom. The van der Waals surface area contributed by atoms with Gasteiger partial charge in [-0.15, -0.1) is 0 Å². The summed E-state index contributed by atoms with van der Waals surface area (Å²) in [5.74, 6) is -0.370. The first kappa shape index (κ1) is 23.2. The summed E-state index contributed by atoms with van der Waals surface area (Å²) >= 11 is 0. The normalized spacial score (nSPS) is 15.6. The van der Waals surface area contributed by atoms with E-state index in [4.69, 9.17) is 0 Å². The summed E-state index contributed by atoms with van der Waals surface area (Å²) in [6, 6.07) is 28.3. The number of hydrogen-bond donors (Lipinski definition) is 0. The van der Waals surface area contributed by atoms with E-state index in [1.165, 1.54) is 16.0 Å². The van der Waals surface area contributed by atoms with Crippen LogP contribution < -0.4 is 9.80 Å². The summed E-state index contributed by atoms with van der Waals surface area (Å²) in [6.45, 7) is 10.6. The maximum Gasteiger partial charge on any atom is 0.268 e. The minimum Gasteiger partial charge on any atom is -0.309 e. The van der Waals surface area contributed by atoms with Crippen molar-refractivity contribution in [1.29, 1.82) is 0 Å². The minimum atomic E-state index is -0.272. The van der Waals surface area contributed by atoms with Crippen molar-refractivity contribution in [3.8, 4) is 0 Å². The van der Waals surface area contributed by atoms with Gasteiger partial charge in [0.2, 0.25) is 0 Å². The molecule has 2 heterocycles. The molecule has 6 rings (SSSR count). The maximum atomic E-state index is 14.2. The van der Waals surface area contributed by atoms with Crippen molar-refractivity contribution in [3.63, 3.8) is 0 Å². The third-order valence-corrected chi connectivity index (χ3v) is 7.88. The van der Waals surface area contributed by atoms with E-state index in [9.17, 15) is 9.59 Å². The van der Waals surface area contributed by atoms with Gasteiger partial charge in [0.25, 0.3) is 11.8 Å². The number of benzene rings is 4. The summed E-state index contributed by atoms with van der Waals surface area (Å²) in [5, 5.41) is 0. The summed E-state index contributed by atoms with van der Waals surface area (Å²) < 4.78 is 0. The Morgan fingerprint density at radius 1 is 0.649 bits per heavy atom. The number of rotatable bonds is 3. The monoisotopic (exact) mass is 486 g/mol. The second kappa shape index (κ2) is 8.17. The fraction of sp³-hybridized carbons (Fsp3) is 0.212. The molecule has 4 aromatic carbocycles. The number of imide groups is 1. The van der Waals surface area contributed by atoms with Crippen LogP contribution in [0.4, 0.5) is 22.7 Å². The van der Waals surface area contributed by atoms with Crippen LogP contribution in [0.2, 0.25) is 0 Å². The summed E-state index contributed by atoms with van der Waals surface area (Å²) in [4.78, 5) is 31.6. The highest BCUT2D eigenvalue weighted by Gasteiger charge is 2.43. The van der Waals surface area contributed by atoms with E-state index in [0.717, 1.165) is 28.2 Å². The average Bonchev–Trinajstić information content (AvgIpc) is 3.14. The first-order valence-corrected chi connectivity index (χ1v) is 12.8. The first-order valence-electron chi connectivity index (χ1n) is 12.8. The van der Waals surface area contributed by atoms with Crippen LogP contribution in [0.3, 0.4) is 0 Å². The molecular formula is C33H30N2O2. The molecule has 4 aromatic rings. The van der Waals surface area contributed by atoms with E-state index < -0.39 is 0 Å². The van der Waals surface area contributed by atoms with Crippen molar-refractivity contribution in [1.82, 2.24) is 0 Å². The van der Waals surface area contributed by atoms with Crippen LogP contribution in [0, 0.1) is 6.92 Å². The quantitative estimate of drug-likeness (QED) is 0.275. The van der Waals surface area contributed by atoms with Crippen LogP contribution in [-0.4, -0.2) is 11.8 Å². The lowest BCUT2D eigenvalue weighted by atomic mass is 9.73. The van der Waals surface area contributed by atoms with Gasteiger partial charge < -0.3 is 4.90 Å². The Balaban J connectivity index is 1.59. The number of carbonyl (C=O) groups excluding carboxylic acids is 2. The molecule has 0 atom stereocenters. The molecular weight excluding hydrogens is 456 g/mol. The van der Waals surface area contributed by atoms with Gasteiger partial charge in [-0.05, 0) is 59.4 Å². The Bertz CT molecular complexity index is 1550. The van der Waals surface area contributed by atoms with E-state index in [0.29, 0.717) is 16.8 Å². The van der Waals surface area contributed by atoms with Gasteiger partial charge in [-0.3, -0.25) is 9.59 Å². The zero-order valence-corrected chi connectivity index (χ0v) is 21.9. The van der Waals surface area contributed by atoms with Crippen molar-refractivity contribution < 1.29 is 9.59 Å². The van der Waals surface area contributed by atoms with Gasteiger partial charge in [0.05, 0.1) is 33.9 Å². The zero-order valence-electron chi connectivity index (χ0n) is 21.9. The molecule has 0 radical (unpaired) electrons. The maximum absolute atomic E-state index is 14.2. The molecule has 0 spiro atoms. The molecule has 0 N–H and O–H groups in total.